The number of ether oxygens (including phenoxy) is 3. The smallest absolute Gasteiger partial charge is 0.292 e. The average molecular weight is 570 g/mol. The van der Waals surface area contributed by atoms with Gasteiger partial charge in [-0.1, -0.05) is 32.8 Å². The van der Waals surface area contributed by atoms with Gasteiger partial charge >= 0.3 is 0 Å². The molecule has 2 aliphatic heterocycles. The Morgan fingerprint density at radius 3 is 2.81 bits per heavy atom. The van der Waals surface area contributed by atoms with Crippen LogP contribution in [0, 0.1) is 24.4 Å². The largest absolute Gasteiger partial charge is 0.489 e. The molecular formula is C32H39N7O3. The van der Waals surface area contributed by atoms with E-state index < -0.39 is 0 Å². The van der Waals surface area contributed by atoms with E-state index in [0.717, 1.165) is 43.6 Å². The summed E-state index contributed by atoms with van der Waals surface area (Å²) in [6.45, 7) is 12.3. The van der Waals surface area contributed by atoms with Gasteiger partial charge in [-0.25, -0.2) is 15.0 Å². The topological polar surface area (TPSA) is 122 Å². The molecule has 2 aliphatic rings. The molecule has 1 unspecified atom stereocenters. The number of hydrogen-bond acceptors (Lipinski definition) is 9. The summed E-state index contributed by atoms with van der Waals surface area (Å²) in [5.41, 5.74) is 9.19. The number of benzene rings is 1. The first-order valence-electron chi connectivity index (χ1n) is 14.3. The Morgan fingerprint density at radius 2 is 2.10 bits per heavy atom. The second-order valence-electron chi connectivity index (χ2n) is 10.3. The maximum Gasteiger partial charge on any atom is 0.292 e. The summed E-state index contributed by atoms with van der Waals surface area (Å²) < 4.78 is 17.5. The SMILES string of the molecule is C/C=N\N1C=CC(Oc2ccc(N=C(N)c3nc4c(cc3OC#N)OCC(C)CN4CCCCC)cc2C)=C/C1=C\C. The van der Waals surface area contributed by atoms with Crippen LogP contribution in [0.5, 0.6) is 17.2 Å². The molecule has 3 heterocycles. The van der Waals surface area contributed by atoms with Crippen molar-refractivity contribution in [2.45, 2.75) is 53.9 Å². The number of nitrogens with two attached hydrogens (primary N) is 1. The van der Waals surface area contributed by atoms with Crippen LogP contribution < -0.4 is 24.8 Å². The van der Waals surface area contributed by atoms with Crippen molar-refractivity contribution < 1.29 is 14.2 Å². The zero-order chi connectivity index (χ0) is 30.1. The fraction of sp³-hybridized carbons (Fsp3) is 0.375. The number of nitrogens with zero attached hydrogens (tertiary/aromatic N) is 6. The van der Waals surface area contributed by atoms with Crippen LogP contribution in [0.1, 0.15) is 58.2 Å². The van der Waals surface area contributed by atoms with Crippen LogP contribution in [0.3, 0.4) is 0 Å². The van der Waals surface area contributed by atoms with Gasteiger partial charge in [-0.3, -0.25) is 0 Å². The third-order valence-electron chi connectivity index (χ3n) is 6.82. The van der Waals surface area contributed by atoms with E-state index in [1.807, 2.05) is 63.4 Å². The molecule has 0 fully saturated rings. The van der Waals surface area contributed by atoms with E-state index in [4.69, 9.17) is 24.9 Å². The molecule has 10 heteroatoms. The summed E-state index contributed by atoms with van der Waals surface area (Å²) in [6.07, 6.45) is 14.4. The fourth-order valence-electron chi connectivity index (χ4n) is 4.74. The predicted octanol–water partition coefficient (Wildman–Crippen LogP) is 6.31. The molecule has 10 nitrogen and oxygen atoms in total. The summed E-state index contributed by atoms with van der Waals surface area (Å²) in [5, 5.41) is 15.4. The van der Waals surface area contributed by atoms with Gasteiger partial charge < -0.3 is 24.8 Å². The number of hydrogen-bond donors (Lipinski definition) is 1. The van der Waals surface area contributed by atoms with Gasteiger partial charge in [0.05, 0.1) is 18.0 Å². The molecule has 2 N–H and O–H groups in total. The highest BCUT2D eigenvalue weighted by Gasteiger charge is 2.26. The van der Waals surface area contributed by atoms with Gasteiger partial charge in [0, 0.05) is 43.6 Å². The number of aromatic nitrogens is 1. The van der Waals surface area contributed by atoms with Crippen LogP contribution in [0.2, 0.25) is 0 Å². The summed E-state index contributed by atoms with van der Waals surface area (Å²) in [4.78, 5) is 11.7. The minimum atomic E-state index is 0.133. The van der Waals surface area contributed by atoms with E-state index in [0.29, 0.717) is 47.0 Å². The quantitative estimate of drug-likeness (QED) is 0.153. The number of fused-ring (bicyclic) bond motifs is 1. The van der Waals surface area contributed by atoms with E-state index in [9.17, 15) is 5.26 Å². The maximum absolute atomic E-state index is 9.32. The van der Waals surface area contributed by atoms with Gasteiger partial charge in [0.2, 0.25) is 0 Å². The second kappa shape index (κ2) is 14.2. The van der Waals surface area contributed by atoms with Crippen LogP contribution in [-0.2, 0) is 0 Å². The van der Waals surface area contributed by atoms with E-state index in [1.54, 1.807) is 23.5 Å². The van der Waals surface area contributed by atoms with Gasteiger partial charge in [-0.2, -0.15) is 5.10 Å². The van der Waals surface area contributed by atoms with Crippen molar-refractivity contribution in [3.63, 3.8) is 0 Å². The van der Waals surface area contributed by atoms with Gasteiger partial charge in [0.1, 0.15) is 11.5 Å². The van der Waals surface area contributed by atoms with E-state index in [1.165, 1.54) is 0 Å². The summed E-state index contributed by atoms with van der Waals surface area (Å²) in [7, 11) is 0. The molecule has 0 aliphatic carbocycles. The number of nitriles is 1. The molecule has 42 heavy (non-hydrogen) atoms. The number of rotatable bonds is 10. The number of hydrazone groups is 1. The number of aryl methyl sites for hydroxylation is 1. The lowest BCUT2D eigenvalue weighted by Crippen LogP contribution is -2.30. The van der Waals surface area contributed by atoms with Crippen molar-refractivity contribution in [1.82, 2.24) is 9.99 Å². The van der Waals surface area contributed by atoms with Crippen LogP contribution in [-0.4, -0.2) is 41.7 Å². The number of unbranched alkanes of at least 4 members (excludes halogenated alkanes) is 2. The Morgan fingerprint density at radius 1 is 1.26 bits per heavy atom. The minimum absolute atomic E-state index is 0.133. The lowest BCUT2D eigenvalue weighted by molar-refractivity contribution is 0.272. The number of allylic oxidation sites excluding steroid dienone is 3. The molecule has 2 aromatic rings. The molecule has 0 spiro atoms. The molecule has 0 saturated carbocycles. The van der Waals surface area contributed by atoms with Crippen molar-refractivity contribution >= 4 is 23.6 Å². The Kier molecular flexibility index (Phi) is 10.2. The van der Waals surface area contributed by atoms with Gasteiger partial charge in [-0.15, -0.1) is 5.26 Å². The highest BCUT2D eigenvalue weighted by molar-refractivity contribution is 6.00. The van der Waals surface area contributed by atoms with Crippen LogP contribution >= 0.6 is 0 Å². The van der Waals surface area contributed by atoms with Gasteiger partial charge in [0.15, 0.2) is 28.8 Å². The van der Waals surface area contributed by atoms with Crippen LogP contribution in [0.15, 0.2) is 70.2 Å². The Hall–Kier alpha value is -4.78. The van der Waals surface area contributed by atoms with Crippen molar-refractivity contribution in [1.29, 1.82) is 5.26 Å². The third-order valence-corrected chi connectivity index (χ3v) is 6.82. The van der Waals surface area contributed by atoms with E-state index >= 15 is 0 Å². The minimum Gasteiger partial charge on any atom is -0.489 e. The highest BCUT2D eigenvalue weighted by Crippen LogP contribution is 2.36. The summed E-state index contributed by atoms with van der Waals surface area (Å²) in [6, 6.07) is 7.25. The monoisotopic (exact) mass is 569 g/mol. The van der Waals surface area contributed by atoms with E-state index in [2.05, 4.69) is 28.8 Å². The lowest BCUT2D eigenvalue weighted by Gasteiger charge is -2.25. The normalized spacial score (nSPS) is 17.9. The zero-order valence-corrected chi connectivity index (χ0v) is 25.0. The molecule has 220 valence electrons. The number of anilines is 1. The molecule has 0 amide bonds. The fourth-order valence-corrected chi connectivity index (χ4v) is 4.74. The summed E-state index contributed by atoms with van der Waals surface area (Å²) in [5.74, 6) is 3.29. The van der Waals surface area contributed by atoms with E-state index in [-0.39, 0.29) is 11.6 Å². The Balaban J connectivity index is 1.61. The molecule has 1 aromatic carbocycles. The number of amidine groups is 1. The van der Waals surface area contributed by atoms with Crippen molar-refractivity contribution in [3.05, 3.63) is 71.4 Å². The Bertz CT molecular complexity index is 1470. The molecule has 1 atom stereocenters. The first-order valence-corrected chi connectivity index (χ1v) is 14.3. The standard InChI is InChI=1S/C32H39N7O3/c1-6-9-10-14-38-19-22(4)20-40-29-18-28(41-21-33)30(37-32(29)38)31(34)36-24-11-12-27(23(5)16-24)42-26-13-15-39(35-8-3)25(7-2)17-26/h7-8,11-13,15-18,22H,6,9-10,14,19-20H2,1-5H3,(H2,34,36)/b25-7+,35-8-. The van der Waals surface area contributed by atoms with Crippen molar-refractivity contribution in [2.75, 3.05) is 24.6 Å². The van der Waals surface area contributed by atoms with Gasteiger partial charge in [-0.05, 0) is 57.0 Å². The molecule has 1 aromatic heterocycles. The first-order chi connectivity index (χ1) is 20.4. The van der Waals surface area contributed by atoms with Crippen molar-refractivity contribution in [2.24, 2.45) is 21.7 Å². The average Bonchev–Trinajstić information content (AvgIpc) is 3.13. The molecule has 0 radical (unpaired) electrons. The summed E-state index contributed by atoms with van der Waals surface area (Å²) >= 11 is 0. The molecule has 0 saturated heterocycles. The van der Waals surface area contributed by atoms with Crippen LogP contribution in [0.4, 0.5) is 11.5 Å². The third kappa shape index (κ3) is 7.29. The predicted molar refractivity (Wildman–Crippen MR) is 166 cm³/mol. The van der Waals surface area contributed by atoms with Gasteiger partial charge in [0.25, 0.3) is 6.26 Å². The first kappa shape index (κ1) is 30.2. The molecular weight excluding hydrogens is 530 g/mol. The molecule has 0 bridgehead atoms. The highest BCUT2D eigenvalue weighted by atomic mass is 16.5. The molecule has 4 rings (SSSR count). The zero-order valence-electron chi connectivity index (χ0n) is 25.0. The second-order valence-corrected chi connectivity index (χ2v) is 10.3. The van der Waals surface area contributed by atoms with Crippen LogP contribution in [0.25, 0.3) is 0 Å². The Labute approximate surface area is 248 Å². The lowest BCUT2D eigenvalue weighted by atomic mass is 10.1. The maximum atomic E-state index is 9.32. The van der Waals surface area contributed by atoms with Crippen molar-refractivity contribution in [3.8, 4) is 23.5 Å². The number of aliphatic imine (C=N–C) groups is 1. The number of pyridine rings is 1.